The summed E-state index contributed by atoms with van der Waals surface area (Å²) in [5.41, 5.74) is 1.84. The maximum Gasteiger partial charge on any atom is 0.326 e. The fourth-order valence-electron chi connectivity index (χ4n) is 2.62. The van der Waals surface area contributed by atoms with Crippen LogP contribution in [0.3, 0.4) is 0 Å². The number of benzene rings is 2. The van der Waals surface area contributed by atoms with Crippen molar-refractivity contribution in [2.45, 2.75) is 13.5 Å². The van der Waals surface area contributed by atoms with Gasteiger partial charge in [0, 0.05) is 5.56 Å². The van der Waals surface area contributed by atoms with Gasteiger partial charge in [-0.1, -0.05) is 12.1 Å². The van der Waals surface area contributed by atoms with Crippen molar-refractivity contribution in [1.82, 2.24) is 9.55 Å². The summed E-state index contributed by atoms with van der Waals surface area (Å²) in [6.45, 7) is 1.84. The molecule has 0 saturated heterocycles. The third-order valence-corrected chi connectivity index (χ3v) is 3.81. The number of hydrogen-bond acceptors (Lipinski definition) is 5. The molecule has 128 valence electrons. The second kappa shape index (κ2) is 7.17. The summed E-state index contributed by atoms with van der Waals surface area (Å²) in [6, 6.07) is 14.3. The van der Waals surface area contributed by atoms with E-state index in [-0.39, 0.29) is 24.4 Å². The minimum atomic E-state index is -0.457. The van der Waals surface area contributed by atoms with Crippen LogP contribution in [0, 0.1) is 0 Å². The number of nitrogens with zero attached hydrogens (tertiary/aromatic N) is 2. The maximum absolute atomic E-state index is 12.9. The van der Waals surface area contributed by atoms with Gasteiger partial charge in [0.25, 0.3) is 5.56 Å². The molecule has 1 aromatic heterocycles. The average Bonchev–Trinajstić information content (AvgIpc) is 2.64. The Morgan fingerprint density at radius 3 is 2.52 bits per heavy atom. The molecule has 0 amide bonds. The molecule has 0 atom stereocenters. The number of aromatic nitrogens is 2. The van der Waals surface area contributed by atoms with Crippen LogP contribution in [0.15, 0.2) is 53.3 Å². The summed E-state index contributed by atoms with van der Waals surface area (Å²) in [4.78, 5) is 29.3. The average molecular weight is 338 g/mol. The molecule has 3 aromatic rings. The molecule has 1 heterocycles. The molecule has 0 aliphatic heterocycles. The Morgan fingerprint density at radius 2 is 1.84 bits per heavy atom. The molecule has 0 unspecified atom stereocenters. The second-order valence-electron chi connectivity index (χ2n) is 5.37. The molecular weight excluding hydrogens is 320 g/mol. The monoisotopic (exact) mass is 338 g/mol. The quantitative estimate of drug-likeness (QED) is 0.669. The molecular formula is C19H18N2O4. The van der Waals surface area contributed by atoms with E-state index < -0.39 is 5.97 Å². The molecule has 0 saturated carbocycles. The maximum atomic E-state index is 12.9. The zero-order chi connectivity index (χ0) is 17.8. The highest BCUT2D eigenvalue weighted by Crippen LogP contribution is 2.20. The van der Waals surface area contributed by atoms with E-state index in [9.17, 15) is 9.59 Å². The molecule has 0 radical (unpaired) electrons. The predicted molar refractivity (Wildman–Crippen MR) is 94.6 cm³/mol. The minimum Gasteiger partial charge on any atom is -0.497 e. The van der Waals surface area contributed by atoms with E-state index in [1.165, 1.54) is 4.57 Å². The third-order valence-electron chi connectivity index (χ3n) is 3.81. The first-order valence-electron chi connectivity index (χ1n) is 7.93. The largest absolute Gasteiger partial charge is 0.497 e. The van der Waals surface area contributed by atoms with E-state index >= 15 is 0 Å². The molecule has 2 aromatic carbocycles. The number of fused-ring (bicyclic) bond motifs is 1. The molecule has 25 heavy (non-hydrogen) atoms. The SMILES string of the molecule is CCOC(=O)Cn1c(=O)c(-c2ccc(OC)cc2)nc2ccccc21. The van der Waals surface area contributed by atoms with E-state index in [4.69, 9.17) is 9.47 Å². The molecule has 0 bridgehead atoms. The Kier molecular flexibility index (Phi) is 4.79. The fourth-order valence-corrected chi connectivity index (χ4v) is 2.62. The number of para-hydroxylation sites is 2. The van der Waals surface area contributed by atoms with Crippen molar-refractivity contribution >= 4 is 17.0 Å². The molecule has 0 spiro atoms. The van der Waals surface area contributed by atoms with Crippen LogP contribution in [0.25, 0.3) is 22.3 Å². The molecule has 6 heteroatoms. The topological polar surface area (TPSA) is 70.4 Å². The lowest BCUT2D eigenvalue weighted by Gasteiger charge is -2.12. The Bertz CT molecular complexity index is 961. The number of methoxy groups -OCH3 is 1. The van der Waals surface area contributed by atoms with Crippen LogP contribution in [-0.4, -0.2) is 29.2 Å². The van der Waals surface area contributed by atoms with Crippen molar-refractivity contribution in [1.29, 1.82) is 0 Å². The van der Waals surface area contributed by atoms with Crippen LogP contribution in [0.4, 0.5) is 0 Å². The van der Waals surface area contributed by atoms with E-state index in [1.54, 1.807) is 50.4 Å². The van der Waals surface area contributed by atoms with Crippen LogP contribution >= 0.6 is 0 Å². The van der Waals surface area contributed by atoms with Crippen molar-refractivity contribution < 1.29 is 14.3 Å². The van der Waals surface area contributed by atoms with Crippen molar-refractivity contribution in [3.05, 3.63) is 58.9 Å². The van der Waals surface area contributed by atoms with Gasteiger partial charge in [0.2, 0.25) is 0 Å². The van der Waals surface area contributed by atoms with E-state index in [0.29, 0.717) is 22.3 Å². The van der Waals surface area contributed by atoms with Gasteiger partial charge in [-0.25, -0.2) is 4.98 Å². The lowest BCUT2D eigenvalue weighted by atomic mass is 10.1. The van der Waals surface area contributed by atoms with Gasteiger partial charge in [0.05, 0.1) is 24.8 Å². The standard InChI is InChI=1S/C19H18N2O4/c1-3-25-17(22)12-21-16-7-5-4-6-15(16)20-18(19(21)23)13-8-10-14(24-2)11-9-13/h4-11H,3,12H2,1-2H3. The molecule has 0 aliphatic rings. The van der Waals surface area contributed by atoms with Crippen molar-refractivity contribution in [2.24, 2.45) is 0 Å². The van der Waals surface area contributed by atoms with Crippen LogP contribution in [-0.2, 0) is 16.1 Å². The van der Waals surface area contributed by atoms with Gasteiger partial charge >= 0.3 is 5.97 Å². The van der Waals surface area contributed by atoms with Gasteiger partial charge in [-0.3, -0.25) is 14.2 Å². The first-order chi connectivity index (χ1) is 12.1. The summed E-state index contributed by atoms with van der Waals surface area (Å²) in [5, 5.41) is 0. The van der Waals surface area contributed by atoms with E-state index in [0.717, 1.165) is 0 Å². The van der Waals surface area contributed by atoms with Gasteiger partial charge in [0.1, 0.15) is 18.0 Å². The molecule has 0 aliphatic carbocycles. The Hall–Kier alpha value is -3.15. The summed E-state index contributed by atoms with van der Waals surface area (Å²) >= 11 is 0. The Labute approximate surface area is 144 Å². The minimum absolute atomic E-state index is 0.154. The zero-order valence-corrected chi connectivity index (χ0v) is 14.1. The van der Waals surface area contributed by atoms with E-state index in [2.05, 4.69) is 4.98 Å². The number of carbonyl (C=O) groups excluding carboxylic acids is 1. The first kappa shape index (κ1) is 16.7. The van der Waals surface area contributed by atoms with Crippen molar-refractivity contribution in [3.8, 4) is 17.0 Å². The number of carbonyl (C=O) groups is 1. The highest BCUT2D eigenvalue weighted by molar-refractivity contribution is 5.80. The van der Waals surface area contributed by atoms with Crippen LogP contribution in [0.1, 0.15) is 6.92 Å². The number of rotatable bonds is 5. The lowest BCUT2D eigenvalue weighted by molar-refractivity contribution is -0.143. The van der Waals surface area contributed by atoms with Gasteiger partial charge in [-0.15, -0.1) is 0 Å². The highest BCUT2D eigenvalue weighted by atomic mass is 16.5. The van der Waals surface area contributed by atoms with Crippen molar-refractivity contribution in [2.75, 3.05) is 13.7 Å². The normalized spacial score (nSPS) is 10.6. The van der Waals surface area contributed by atoms with Crippen LogP contribution < -0.4 is 10.3 Å². The van der Waals surface area contributed by atoms with Crippen LogP contribution in [0.2, 0.25) is 0 Å². The Balaban J connectivity index is 2.17. The number of hydrogen-bond donors (Lipinski definition) is 0. The van der Waals surface area contributed by atoms with E-state index in [1.807, 2.05) is 12.1 Å². The number of ether oxygens (including phenoxy) is 2. The fraction of sp³-hybridized carbons (Fsp3) is 0.211. The Morgan fingerprint density at radius 1 is 1.12 bits per heavy atom. The van der Waals surface area contributed by atoms with Gasteiger partial charge in [-0.05, 0) is 43.3 Å². The molecule has 3 rings (SSSR count). The smallest absolute Gasteiger partial charge is 0.326 e. The van der Waals surface area contributed by atoms with Gasteiger partial charge in [-0.2, -0.15) is 0 Å². The van der Waals surface area contributed by atoms with Crippen molar-refractivity contribution in [3.63, 3.8) is 0 Å². The van der Waals surface area contributed by atoms with Crippen LogP contribution in [0.5, 0.6) is 5.75 Å². The van der Waals surface area contributed by atoms with Gasteiger partial charge < -0.3 is 9.47 Å². The van der Waals surface area contributed by atoms with Gasteiger partial charge in [0.15, 0.2) is 0 Å². The molecule has 6 nitrogen and oxygen atoms in total. The molecule has 0 N–H and O–H groups in total. The summed E-state index contributed by atoms with van der Waals surface area (Å²) in [5.74, 6) is 0.234. The summed E-state index contributed by atoms with van der Waals surface area (Å²) in [6.07, 6.45) is 0. The highest BCUT2D eigenvalue weighted by Gasteiger charge is 2.15. The lowest BCUT2D eigenvalue weighted by Crippen LogP contribution is -2.28. The third kappa shape index (κ3) is 3.38. The first-order valence-corrected chi connectivity index (χ1v) is 7.93. The summed E-state index contributed by atoms with van der Waals surface area (Å²) in [7, 11) is 1.58. The molecule has 0 fully saturated rings. The summed E-state index contributed by atoms with van der Waals surface area (Å²) < 4.78 is 11.5. The number of esters is 1. The second-order valence-corrected chi connectivity index (χ2v) is 5.37. The predicted octanol–water partition coefficient (Wildman–Crippen LogP) is 2.64. The zero-order valence-electron chi connectivity index (χ0n) is 14.1.